The van der Waals surface area contributed by atoms with Gasteiger partial charge in [0.2, 0.25) is 11.8 Å². The van der Waals surface area contributed by atoms with Gasteiger partial charge in [0.1, 0.15) is 0 Å². The third kappa shape index (κ3) is 5.97. The lowest BCUT2D eigenvalue weighted by atomic mass is 10.1. The SMILES string of the molecule is Cc1cccc(NC(=O)CN(C)C(=O)c2ccc(OCC(F)(F)F)nc2)c1C. The molecule has 0 unspecified atom stereocenters. The maximum Gasteiger partial charge on any atom is 0.422 e. The lowest BCUT2D eigenvalue weighted by Crippen LogP contribution is -2.35. The molecule has 0 saturated carbocycles. The van der Waals surface area contributed by atoms with Crippen LogP contribution in [-0.2, 0) is 4.79 Å². The minimum absolute atomic E-state index is 0.126. The molecule has 0 saturated heterocycles. The van der Waals surface area contributed by atoms with E-state index in [2.05, 4.69) is 15.0 Å². The number of amides is 2. The number of nitrogens with zero attached hydrogens (tertiary/aromatic N) is 2. The first-order chi connectivity index (χ1) is 13.1. The van der Waals surface area contributed by atoms with Gasteiger partial charge in [0.05, 0.1) is 12.1 Å². The lowest BCUT2D eigenvalue weighted by Gasteiger charge is -2.18. The second kappa shape index (κ2) is 8.73. The zero-order valence-corrected chi connectivity index (χ0v) is 15.6. The second-order valence-corrected chi connectivity index (χ2v) is 6.25. The highest BCUT2D eigenvalue weighted by atomic mass is 19.4. The van der Waals surface area contributed by atoms with Crippen molar-refractivity contribution < 1.29 is 27.5 Å². The van der Waals surface area contributed by atoms with Crippen LogP contribution in [0.1, 0.15) is 21.5 Å². The maximum absolute atomic E-state index is 12.4. The largest absolute Gasteiger partial charge is 0.468 e. The number of nitrogens with one attached hydrogen (secondary N) is 1. The average molecular weight is 395 g/mol. The van der Waals surface area contributed by atoms with Gasteiger partial charge in [-0.2, -0.15) is 13.2 Å². The second-order valence-electron chi connectivity index (χ2n) is 6.25. The number of halogens is 3. The molecule has 150 valence electrons. The Morgan fingerprint density at radius 2 is 1.89 bits per heavy atom. The first kappa shape index (κ1) is 21.2. The van der Waals surface area contributed by atoms with Crippen LogP contribution in [0.5, 0.6) is 5.88 Å². The zero-order valence-electron chi connectivity index (χ0n) is 15.6. The minimum atomic E-state index is -4.47. The fourth-order valence-corrected chi connectivity index (χ4v) is 2.33. The van der Waals surface area contributed by atoms with Crippen LogP contribution < -0.4 is 10.1 Å². The number of carbonyl (C=O) groups excluding carboxylic acids is 2. The van der Waals surface area contributed by atoms with Crippen molar-refractivity contribution in [3.05, 3.63) is 53.2 Å². The summed E-state index contributed by atoms with van der Waals surface area (Å²) in [5, 5.41) is 2.75. The van der Waals surface area contributed by atoms with Crippen LogP contribution in [0.25, 0.3) is 0 Å². The summed E-state index contributed by atoms with van der Waals surface area (Å²) >= 11 is 0. The van der Waals surface area contributed by atoms with Gasteiger partial charge in [-0.05, 0) is 37.1 Å². The number of benzene rings is 1. The topological polar surface area (TPSA) is 71.5 Å². The molecule has 0 fully saturated rings. The third-order valence-corrected chi connectivity index (χ3v) is 3.97. The number of ether oxygens (including phenoxy) is 1. The van der Waals surface area contributed by atoms with Crippen molar-refractivity contribution in [1.29, 1.82) is 0 Å². The van der Waals surface area contributed by atoms with Crippen LogP contribution in [0.3, 0.4) is 0 Å². The Hall–Kier alpha value is -3.10. The Labute approximate surface area is 160 Å². The van der Waals surface area contributed by atoms with E-state index < -0.39 is 18.7 Å². The molecule has 9 heteroatoms. The van der Waals surface area contributed by atoms with Gasteiger partial charge in [0.25, 0.3) is 5.91 Å². The molecule has 0 radical (unpaired) electrons. The Balaban J connectivity index is 1.94. The first-order valence-electron chi connectivity index (χ1n) is 8.34. The molecule has 0 spiro atoms. The molecule has 1 aromatic carbocycles. The van der Waals surface area contributed by atoms with E-state index in [0.29, 0.717) is 5.69 Å². The van der Waals surface area contributed by atoms with E-state index in [1.165, 1.54) is 24.1 Å². The highest BCUT2D eigenvalue weighted by molar-refractivity contribution is 5.99. The van der Waals surface area contributed by atoms with Crippen molar-refractivity contribution >= 4 is 17.5 Å². The zero-order chi connectivity index (χ0) is 20.9. The van der Waals surface area contributed by atoms with Crippen molar-refractivity contribution in [1.82, 2.24) is 9.88 Å². The summed E-state index contributed by atoms with van der Waals surface area (Å²) in [5.41, 5.74) is 2.75. The molecule has 0 aliphatic heterocycles. The highest BCUT2D eigenvalue weighted by Gasteiger charge is 2.28. The fraction of sp³-hybridized carbons (Fsp3) is 0.316. The van der Waals surface area contributed by atoms with Gasteiger partial charge in [0.15, 0.2) is 6.61 Å². The van der Waals surface area contributed by atoms with Crippen LogP contribution in [0, 0.1) is 13.8 Å². The van der Waals surface area contributed by atoms with E-state index in [0.717, 1.165) is 17.3 Å². The van der Waals surface area contributed by atoms with E-state index >= 15 is 0 Å². The van der Waals surface area contributed by atoms with E-state index in [-0.39, 0.29) is 23.9 Å². The van der Waals surface area contributed by atoms with Crippen molar-refractivity contribution in [2.45, 2.75) is 20.0 Å². The summed E-state index contributed by atoms with van der Waals surface area (Å²) in [6.45, 7) is 2.15. The molecular formula is C19H20F3N3O3. The van der Waals surface area contributed by atoms with Gasteiger partial charge in [-0.1, -0.05) is 12.1 Å². The van der Waals surface area contributed by atoms with Gasteiger partial charge < -0.3 is 15.0 Å². The van der Waals surface area contributed by atoms with E-state index in [1.54, 1.807) is 6.07 Å². The Morgan fingerprint density at radius 1 is 1.18 bits per heavy atom. The lowest BCUT2D eigenvalue weighted by molar-refractivity contribution is -0.154. The molecule has 6 nitrogen and oxygen atoms in total. The van der Waals surface area contributed by atoms with Gasteiger partial charge >= 0.3 is 6.18 Å². The molecule has 0 bridgehead atoms. The van der Waals surface area contributed by atoms with Crippen LogP contribution >= 0.6 is 0 Å². The summed E-state index contributed by atoms with van der Waals surface area (Å²) in [4.78, 5) is 29.4. The average Bonchev–Trinajstić information content (AvgIpc) is 2.63. The predicted molar refractivity (Wildman–Crippen MR) is 97.3 cm³/mol. The van der Waals surface area contributed by atoms with E-state index in [9.17, 15) is 22.8 Å². The molecular weight excluding hydrogens is 375 g/mol. The minimum Gasteiger partial charge on any atom is -0.468 e. The third-order valence-electron chi connectivity index (χ3n) is 3.97. The molecule has 28 heavy (non-hydrogen) atoms. The molecule has 2 aromatic rings. The molecule has 0 atom stereocenters. The number of carbonyl (C=O) groups is 2. The van der Waals surface area contributed by atoms with E-state index in [4.69, 9.17) is 0 Å². The number of aromatic nitrogens is 1. The normalized spacial score (nSPS) is 11.1. The number of aryl methyl sites for hydroxylation is 1. The molecule has 1 N–H and O–H groups in total. The highest BCUT2D eigenvalue weighted by Crippen LogP contribution is 2.19. The van der Waals surface area contributed by atoms with Crippen LogP contribution in [0.2, 0.25) is 0 Å². The number of pyridine rings is 1. The quantitative estimate of drug-likeness (QED) is 0.814. The summed E-state index contributed by atoms with van der Waals surface area (Å²) < 4.78 is 40.9. The molecule has 1 aromatic heterocycles. The maximum atomic E-state index is 12.4. The molecule has 2 amide bonds. The number of rotatable bonds is 6. The number of hydrogen-bond donors (Lipinski definition) is 1. The molecule has 1 heterocycles. The summed E-state index contributed by atoms with van der Waals surface area (Å²) in [6.07, 6.45) is -3.37. The van der Waals surface area contributed by atoms with Gasteiger partial charge in [-0.15, -0.1) is 0 Å². The number of likely N-dealkylation sites (N-methyl/N-ethyl adjacent to an activating group) is 1. The van der Waals surface area contributed by atoms with Crippen LogP contribution in [0.4, 0.5) is 18.9 Å². The molecule has 0 aliphatic carbocycles. The Bertz CT molecular complexity index is 852. The van der Waals surface area contributed by atoms with Gasteiger partial charge in [-0.25, -0.2) is 4.98 Å². The standard InChI is InChI=1S/C19H20F3N3O3/c1-12-5-4-6-15(13(12)2)24-16(26)10-25(3)18(27)14-7-8-17(23-9-14)28-11-19(20,21)22/h4-9H,10-11H2,1-3H3,(H,24,26). The van der Waals surface area contributed by atoms with Gasteiger partial charge in [0, 0.05) is 25.0 Å². The summed E-state index contributed by atoms with van der Waals surface area (Å²) in [7, 11) is 1.44. The number of hydrogen-bond acceptors (Lipinski definition) is 4. The smallest absolute Gasteiger partial charge is 0.422 e. The number of anilines is 1. The summed E-state index contributed by atoms with van der Waals surface area (Å²) in [6, 6.07) is 7.98. The number of alkyl halides is 3. The van der Waals surface area contributed by atoms with E-state index in [1.807, 2.05) is 26.0 Å². The Morgan fingerprint density at radius 3 is 2.50 bits per heavy atom. The van der Waals surface area contributed by atoms with Crippen molar-refractivity contribution in [2.75, 3.05) is 25.5 Å². The van der Waals surface area contributed by atoms with Crippen molar-refractivity contribution in [3.8, 4) is 5.88 Å². The van der Waals surface area contributed by atoms with Crippen LogP contribution in [-0.4, -0.2) is 48.1 Å². The first-order valence-corrected chi connectivity index (χ1v) is 8.34. The fourth-order valence-electron chi connectivity index (χ4n) is 2.33. The van der Waals surface area contributed by atoms with Gasteiger partial charge in [-0.3, -0.25) is 9.59 Å². The molecule has 0 aliphatic rings. The van der Waals surface area contributed by atoms with Crippen molar-refractivity contribution in [2.24, 2.45) is 0 Å². The predicted octanol–water partition coefficient (Wildman–Crippen LogP) is 3.35. The monoisotopic (exact) mass is 395 g/mol. The molecule has 2 rings (SSSR count). The van der Waals surface area contributed by atoms with Crippen molar-refractivity contribution in [3.63, 3.8) is 0 Å². The Kier molecular flexibility index (Phi) is 6.61. The summed E-state index contributed by atoms with van der Waals surface area (Å²) in [5.74, 6) is -1.11. The van der Waals surface area contributed by atoms with Crippen LogP contribution in [0.15, 0.2) is 36.5 Å².